The van der Waals surface area contributed by atoms with Gasteiger partial charge in [0.15, 0.2) is 6.61 Å². The van der Waals surface area contributed by atoms with Gasteiger partial charge in [-0.1, -0.05) is 18.2 Å². The standard InChI is InChI=1S/C23H24N4O3/c1-16(18-9-8-17-5-2-3-6-19(17)11-18)26-22(28)15-30-23(29)20-12-25-27(14-20)21-7-4-10-24-13-21/h4,7-14,16H,2-3,5-6,15H2,1H3,(H,26,28)/t16-/m0/s1. The molecule has 1 aromatic carbocycles. The summed E-state index contributed by atoms with van der Waals surface area (Å²) in [7, 11) is 0. The van der Waals surface area contributed by atoms with Crippen molar-refractivity contribution in [3.8, 4) is 5.69 Å². The molecule has 0 aliphatic heterocycles. The van der Waals surface area contributed by atoms with E-state index in [0.29, 0.717) is 0 Å². The van der Waals surface area contributed by atoms with Gasteiger partial charge in [-0.05, 0) is 61.4 Å². The summed E-state index contributed by atoms with van der Waals surface area (Å²) >= 11 is 0. The molecule has 0 spiro atoms. The maximum absolute atomic E-state index is 12.3. The Hall–Kier alpha value is -3.48. The summed E-state index contributed by atoms with van der Waals surface area (Å²) in [6.45, 7) is 1.59. The molecular formula is C23H24N4O3. The number of carbonyl (C=O) groups excluding carboxylic acids is 2. The molecule has 0 saturated heterocycles. The highest BCUT2D eigenvalue weighted by molar-refractivity contribution is 5.91. The van der Waals surface area contributed by atoms with Crippen LogP contribution in [0.3, 0.4) is 0 Å². The predicted octanol–water partition coefficient (Wildman–Crippen LogP) is 3.18. The average Bonchev–Trinajstić information content (AvgIpc) is 3.28. The first-order valence-corrected chi connectivity index (χ1v) is 10.1. The fourth-order valence-corrected chi connectivity index (χ4v) is 3.66. The fraction of sp³-hybridized carbons (Fsp3) is 0.304. The lowest BCUT2D eigenvalue weighted by Gasteiger charge is -2.20. The van der Waals surface area contributed by atoms with E-state index >= 15 is 0 Å². The molecule has 0 fully saturated rings. The second-order valence-corrected chi connectivity index (χ2v) is 7.49. The number of pyridine rings is 1. The van der Waals surface area contributed by atoms with Crippen molar-refractivity contribution in [3.63, 3.8) is 0 Å². The van der Waals surface area contributed by atoms with Crippen LogP contribution in [0.25, 0.3) is 5.69 Å². The van der Waals surface area contributed by atoms with Gasteiger partial charge >= 0.3 is 5.97 Å². The Balaban J connectivity index is 1.30. The molecule has 0 saturated carbocycles. The third kappa shape index (κ3) is 4.56. The van der Waals surface area contributed by atoms with Crippen molar-refractivity contribution < 1.29 is 14.3 Å². The molecular weight excluding hydrogens is 380 g/mol. The van der Waals surface area contributed by atoms with Gasteiger partial charge in [0.25, 0.3) is 5.91 Å². The Morgan fingerprint density at radius 1 is 1.17 bits per heavy atom. The van der Waals surface area contributed by atoms with Crippen LogP contribution in [0.4, 0.5) is 0 Å². The zero-order chi connectivity index (χ0) is 20.9. The molecule has 0 bridgehead atoms. The lowest BCUT2D eigenvalue weighted by atomic mass is 9.89. The van der Waals surface area contributed by atoms with Crippen LogP contribution in [0.2, 0.25) is 0 Å². The minimum atomic E-state index is -0.596. The Morgan fingerprint density at radius 3 is 2.80 bits per heavy atom. The van der Waals surface area contributed by atoms with Gasteiger partial charge in [0.2, 0.25) is 0 Å². The lowest BCUT2D eigenvalue weighted by Crippen LogP contribution is -2.31. The SMILES string of the molecule is C[C@H](NC(=O)COC(=O)c1cnn(-c2cccnc2)c1)c1ccc2c(c1)CCCC2. The second-order valence-electron chi connectivity index (χ2n) is 7.49. The predicted molar refractivity (Wildman–Crippen MR) is 111 cm³/mol. The molecule has 1 aliphatic carbocycles. The third-order valence-corrected chi connectivity index (χ3v) is 5.31. The molecule has 7 heteroatoms. The first kappa shape index (κ1) is 19.8. The van der Waals surface area contributed by atoms with Crippen LogP contribution in [0.1, 0.15) is 52.9 Å². The molecule has 154 valence electrons. The monoisotopic (exact) mass is 404 g/mol. The third-order valence-electron chi connectivity index (χ3n) is 5.31. The number of nitrogens with one attached hydrogen (secondary N) is 1. The molecule has 0 radical (unpaired) electrons. The highest BCUT2D eigenvalue weighted by Crippen LogP contribution is 2.24. The van der Waals surface area contributed by atoms with Gasteiger partial charge in [-0.2, -0.15) is 5.10 Å². The molecule has 4 rings (SSSR count). The van der Waals surface area contributed by atoms with Crippen molar-refractivity contribution in [2.75, 3.05) is 6.61 Å². The number of aryl methyl sites for hydroxylation is 2. The number of amides is 1. The van der Waals surface area contributed by atoms with Gasteiger partial charge in [0.05, 0.1) is 29.7 Å². The van der Waals surface area contributed by atoms with Crippen LogP contribution < -0.4 is 5.32 Å². The van der Waals surface area contributed by atoms with Gasteiger partial charge in [0, 0.05) is 12.4 Å². The van der Waals surface area contributed by atoms with Crippen molar-refractivity contribution in [2.45, 2.75) is 38.6 Å². The molecule has 1 aliphatic rings. The zero-order valence-electron chi connectivity index (χ0n) is 16.9. The first-order chi connectivity index (χ1) is 14.6. The van der Waals surface area contributed by atoms with E-state index in [9.17, 15) is 9.59 Å². The molecule has 1 N–H and O–H groups in total. The van der Waals surface area contributed by atoms with E-state index in [1.807, 2.05) is 13.0 Å². The van der Waals surface area contributed by atoms with E-state index < -0.39 is 5.97 Å². The van der Waals surface area contributed by atoms with Gasteiger partial charge in [-0.25, -0.2) is 9.48 Å². The Bertz CT molecular complexity index is 1050. The highest BCUT2D eigenvalue weighted by atomic mass is 16.5. The van der Waals surface area contributed by atoms with E-state index in [2.05, 4.69) is 33.6 Å². The maximum Gasteiger partial charge on any atom is 0.341 e. The summed E-state index contributed by atoms with van der Waals surface area (Å²) in [4.78, 5) is 28.5. The van der Waals surface area contributed by atoms with Gasteiger partial charge < -0.3 is 10.1 Å². The number of ether oxygens (including phenoxy) is 1. The molecule has 3 aromatic rings. The maximum atomic E-state index is 12.3. The Labute approximate surface area is 175 Å². The fourth-order valence-electron chi connectivity index (χ4n) is 3.66. The topological polar surface area (TPSA) is 86.1 Å². The van der Waals surface area contributed by atoms with Gasteiger partial charge in [-0.15, -0.1) is 0 Å². The normalized spacial score (nSPS) is 13.9. The van der Waals surface area contributed by atoms with Crippen molar-refractivity contribution in [1.29, 1.82) is 0 Å². The average molecular weight is 404 g/mol. The molecule has 0 unspecified atom stereocenters. The van der Waals surface area contributed by atoms with Gasteiger partial charge in [-0.3, -0.25) is 9.78 Å². The molecule has 1 amide bonds. The van der Waals surface area contributed by atoms with Crippen molar-refractivity contribution >= 4 is 11.9 Å². The summed E-state index contributed by atoms with van der Waals surface area (Å²) in [5.41, 5.74) is 4.84. The number of rotatable bonds is 6. The molecule has 30 heavy (non-hydrogen) atoms. The molecule has 1 atom stereocenters. The van der Waals surface area contributed by atoms with Crippen LogP contribution in [-0.4, -0.2) is 33.2 Å². The highest BCUT2D eigenvalue weighted by Gasteiger charge is 2.16. The van der Waals surface area contributed by atoms with E-state index in [1.54, 1.807) is 24.7 Å². The van der Waals surface area contributed by atoms with E-state index in [4.69, 9.17) is 4.74 Å². The van der Waals surface area contributed by atoms with Crippen LogP contribution in [0.5, 0.6) is 0 Å². The number of benzene rings is 1. The molecule has 7 nitrogen and oxygen atoms in total. The number of hydrogen-bond acceptors (Lipinski definition) is 5. The van der Waals surface area contributed by atoms with Crippen LogP contribution in [0, 0.1) is 0 Å². The minimum Gasteiger partial charge on any atom is -0.452 e. The number of nitrogens with zero attached hydrogens (tertiary/aromatic N) is 3. The van der Waals surface area contributed by atoms with Crippen LogP contribution in [-0.2, 0) is 22.4 Å². The summed E-state index contributed by atoms with van der Waals surface area (Å²) in [5, 5.41) is 7.03. The second kappa shape index (κ2) is 8.90. The summed E-state index contributed by atoms with van der Waals surface area (Å²) in [6, 6.07) is 9.85. The Morgan fingerprint density at radius 2 is 2.00 bits per heavy atom. The van der Waals surface area contributed by atoms with Crippen LogP contribution >= 0.6 is 0 Å². The van der Waals surface area contributed by atoms with E-state index in [-0.39, 0.29) is 24.1 Å². The van der Waals surface area contributed by atoms with Crippen molar-refractivity contribution in [2.24, 2.45) is 0 Å². The minimum absolute atomic E-state index is 0.156. The summed E-state index contributed by atoms with van der Waals surface area (Å²) < 4.78 is 6.68. The van der Waals surface area contributed by atoms with Crippen molar-refractivity contribution in [1.82, 2.24) is 20.1 Å². The van der Waals surface area contributed by atoms with Crippen molar-refractivity contribution in [3.05, 3.63) is 77.4 Å². The number of carbonyl (C=O) groups is 2. The van der Waals surface area contributed by atoms with E-state index in [0.717, 1.165) is 24.1 Å². The van der Waals surface area contributed by atoms with E-state index in [1.165, 1.54) is 34.8 Å². The molecule has 2 heterocycles. The molecule has 2 aromatic heterocycles. The number of esters is 1. The number of aromatic nitrogens is 3. The smallest absolute Gasteiger partial charge is 0.341 e. The summed E-state index contributed by atoms with van der Waals surface area (Å²) in [6.07, 6.45) is 10.9. The zero-order valence-corrected chi connectivity index (χ0v) is 16.9. The summed E-state index contributed by atoms with van der Waals surface area (Å²) in [5.74, 6) is -0.935. The van der Waals surface area contributed by atoms with Gasteiger partial charge in [0.1, 0.15) is 0 Å². The quantitative estimate of drug-likeness (QED) is 0.638. The van der Waals surface area contributed by atoms with Crippen LogP contribution in [0.15, 0.2) is 55.1 Å². The lowest BCUT2D eigenvalue weighted by molar-refractivity contribution is -0.124. The largest absolute Gasteiger partial charge is 0.452 e. The Kier molecular flexibility index (Phi) is 5.88. The number of hydrogen-bond donors (Lipinski definition) is 1. The number of fused-ring (bicyclic) bond motifs is 1. The first-order valence-electron chi connectivity index (χ1n) is 10.1.